The second-order valence-electron chi connectivity index (χ2n) is 11.9. The highest BCUT2D eigenvalue weighted by Crippen LogP contribution is 2.20. The van der Waals surface area contributed by atoms with Crippen LogP contribution in [0.15, 0.2) is 97.1 Å². The molecular formula is C39H48O8. The molecule has 47 heavy (non-hydrogen) atoms. The lowest BCUT2D eigenvalue weighted by atomic mass is 10.0. The fourth-order valence-electron chi connectivity index (χ4n) is 4.85. The van der Waals surface area contributed by atoms with Gasteiger partial charge in [0.15, 0.2) is 12.6 Å². The first-order valence-corrected chi connectivity index (χ1v) is 16.2. The van der Waals surface area contributed by atoms with Crippen LogP contribution in [0.4, 0.5) is 0 Å². The van der Waals surface area contributed by atoms with Crippen LogP contribution in [0.5, 0.6) is 23.0 Å². The van der Waals surface area contributed by atoms with Gasteiger partial charge < -0.3 is 38.6 Å². The van der Waals surface area contributed by atoms with Gasteiger partial charge in [-0.3, -0.25) is 0 Å². The van der Waals surface area contributed by atoms with Gasteiger partial charge in [-0.1, -0.05) is 48.5 Å². The van der Waals surface area contributed by atoms with Crippen molar-refractivity contribution in [3.05, 3.63) is 119 Å². The molecule has 0 aliphatic rings. The molecule has 0 heterocycles. The fraction of sp³-hybridized carbons (Fsp3) is 0.385. The van der Waals surface area contributed by atoms with Crippen molar-refractivity contribution in [1.82, 2.24) is 0 Å². The highest BCUT2D eigenvalue weighted by Gasteiger charge is 2.15. The molecule has 8 heteroatoms. The van der Waals surface area contributed by atoms with Gasteiger partial charge in [-0.25, -0.2) is 0 Å². The summed E-state index contributed by atoms with van der Waals surface area (Å²) in [6, 6.07) is 30.3. The van der Waals surface area contributed by atoms with Crippen molar-refractivity contribution >= 4 is 0 Å². The predicted molar refractivity (Wildman–Crippen MR) is 182 cm³/mol. The molecule has 252 valence electrons. The van der Waals surface area contributed by atoms with Crippen molar-refractivity contribution in [1.29, 1.82) is 0 Å². The molecule has 0 spiro atoms. The van der Waals surface area contributed by atoms with Crippen LogP contribution in [0.25, 0.3) is 0 Å². The Morgan fingerprint density at radius 1 is 0.426 bits per heavy atom. The minimum absolute atomic E-state index is 0.116. The summed E-state index contributed by atoms with van der Waals surface area (Å²) in [7, 11) is 0. The van der Waals surface area contributed by atoms with E-state index in [-0.39, 0.29) is 29.8 Å². The summed E-state index contributed by atoms with van der Waals surface area (Å²) >= 11 is 0. The number of phenolic OH excluding ortho intramolecular Hbond substituents is 2. The summed E-state index contributed by atoms with van der Waals surface area (Å²) in [5.41, 5.74) is 4.57. The highest BCUT2D eigenvalue weighted by atomic mass is 16.7. The van der Waals surface area contributed by atoms with Gasteiger partial charge in [0.25, 0.3) is 0 Å². The molecule has 4 aromatic carbocycles. The molecule has 4 rings (SSSR count). The average Bonchev–Trinajstić information content (AvgIpc) is 3.05. The Labute approximate surface area is 278 Å². The molecule has 0 saturated carbocycles. The maximum Gasteiger partial charge on any atom is 0.197 e. The first-order valence-electron chi connectivity index (χ1n) is 16.2. The summed E-state index contributed by atoms with van der Waals surface area (Å²) in [6.45, 7) is 10.8. The zero-order valence-corrected chi connectivity index (χ0v) is 28.0. The van der Waals surface area contributed by atoms with E-state index in [1.54, 1.807) is 24.3 Å². The number of hydrogen-bond donors (Lipinski definition) is 2. The first kappa shape index (κ1) is 35.8. The second kappa shape index (κ2) is 18.3. The average molecular weight is 645 g/mol. The highest BCUT2D eigenvalue weighted by molar-refractivity contribution is 5.35. The van der Waals surface area contributed by atoms with E-state index in [4.69, 9.17) is 28.4 Å². The quantitative estimate of drug-likeness (QED) is 0.101. The molecule has 0 radical (unpaired) electrons. The van der Waals surface area contributed by atoms with Crippen LogP contribution in [0, 0.1) is 0 Å². The number of aromatic hydroxyl groups is 2. The van der Waals surface area contributed by atoms with Gasteiger partial charge in [0, 0.05) is 0 Å². The minimum atomic E-state index is -0.437. The normalized spacial score (nSPS) is 14.6. The van der Waals surface area contributed by atoms with Crippen LogP contribution in [0.1, 0.15) is 56.9 Å². The Hall–Kier alpha value is -4.08. The molecule has 4 aromatic rings. The molecule has 0 aliphatic carbocycles. The van der Waals surface area contributed by atoms with Gasteiger partial charge >= 0.3 is 0 Å². The van der Waals surface area contributed by atoms with E-state index < -0.39 is 12.6 Å². The maximum atomic E-state index is 9.46. The molecule has 2 N–H and O–H groups in total. The second-order valence-corrected chi connectivity index (χ2v) is 11.9. The van der Waals surface area contributed by atoms with Crippen molar-refractivity contribution in [3.63, 3.8) is 0 Å². The van der Waals surface area contributed by atoms with E-state index in [0.717, 1.165) is 46.6 Å². The monoisotopic (exact) mass is 644 g/mol. The minimum Gasteiger partial charge on any atom is -0.508 e. The summed E-state index contributed by atoms with van der Waals surface area (Å²) < 4.78 is 35.5. The zero-order chi connectivity index (χ0) is 33.6. The molecule has 0 aliphatic heterocycles. The number of benzene rings is 4. The summed E-state index contributed by atoms with van der Waals surface area (Å²) in [6.07, 6.45) is 0.285. The van der Waals surface area contributed by atoms with Gasteiger partial charge in [0.05, 0.1) is 38.1 Å². The lowest BCUT2D eigenvalue weighted by molar-refractivity contribution is -0.140. The van der Waals surface area contributed by atoms with Gasteiger partial charge in [-0.05, 0) is 118 Å². The van der Waals surface area contributed by atoms with Crippen molar-refractivity contribution in [2.75, 3.05) is 19.8 Å². The van der Waals surface area contributed by atoms with Crippen LogP contribution in [0.2, 0.25) is 0 Å². The third kappa shape index (κ3) is 13.3. The molecule has 5 atom stereocenters. The predicted octanol–water partition coefficient (Wildman–Crippen LogP) is 7.66. The Morgan fingerprint density at radius 3 is 1.19 bits per heavy atom. The van der Waals surface area contributed by atoms with Crippen molar-refractivity contribution in [2.24, 2.45) is 0 Å². The van der Waals surface area contributed by atoms with Crippen LogP contribution in [-0.4, -0.2) is 60.9 Å². The topological polar surface area (TPSA) is 95.8 Å². The van der Waals surface area contributed by atoms with Crippen LogP contribution in [0.3, 0.4) is 0 Å². The fourth-order valence-corrected chi connectivity index (χ4v) is 4.85. The van der Waals surface area contributed by atoms with Crippen molar-refractivity contribution in [3.8, 4) is 23.0 Å². The zero-order valence-electron chi connectivity index (χ0n) is 28.0. The molecule has 0 bridgehead atoms. The molecule has 0 aromatic heterocycles. The van der Waals surface area contributed by atoms with E-state index in [0.29, 0.717) is 19.8 Å². The van der Waals surface area contributed by atoms with Gasteiger partial charge in [-0.15, -0.1) is 0 Å². The number of ether oxygens (including phenoxy) is 6. The molecule has 0 fully saturated rings. The van der Waals surface area contributed by atoms with E-state index in [2.05, 4.69) is 0 Å². The van der Waals surface area contributed by atoms with Gasteiger partial charge in [0.2, 0.25) is 0 Å². The maximum absolute atomic E-state index is 9.46. The molecule has 5 unspecified atom stereocenters. The smallest absolute Gasteiger partial charge is 0.197 e. The lowest BCUT2D eigenvalue weighted by Crippen LogP contribution is -2.30. The third-order valence-corrected chi connectivity index (χ3v) is 7.36. The van der Waals surface area contributed by atoms with Crippen LogP contribution in [-0.2, 0) is 31.8 Å². The number of rotatable bonds is 19. The Morgan fingerprint density at radius 2 is 0.766 bits per heavy atom. The van der Waals surface area contributed by atoms with Crippen molar-refractivity contribution < 1.29 is 38.6 Å². The van der Waals surface area contributed by atoms with Gasteiger partial charge in [-0.2, -0.15) is 0 Å². The standard InChI is InChI=1S/C39H48O8/c1-27(43-26-29(3)45-31(5)47-39-20-12-35(13-21-39)23-33-8-16-37(41)17-9-33)24-42-28(2)25-44-30(4)46-38-18-10-34(11-19-38)22-32-6-14-36(40)15-7-32/h6-21,27-31,40-41H,22-26H2,1-5H3. The Kier molecular flexibility index (Phi) is 13.9. The molecular weight excluding hydrogens is 596 g/mol. The number of phenols is 2. The Balaban J connectivity index is 1.06. The van der Waals surface area contributed by atoms with Crippen molar-refractivity contribution in [2.45, 2.75) is 78.4 Å². The van der Waals surface area contributed by atoms with Gasteiger partial charge in [0.1, 0.15) is 23.0 Å². The molecule has 8 nitrogen and oxygen atoms in total. The third-order valence-electron chi connectivity index (χ3n) is 7.36. The van der Waals surface area contributed by atoms with E-state index in [9.17, 15) is 10.2 Å². The summed E-state index contributed by atoms with van der Waals surface area (Å²) in [4.78, 5) is 0. The number of hydrogen-bond acceptors (Lipinski definition) is 8. The largest absolute Gasteiger partial charge is 0.508 e. The SMILES string of the molecule is CC(COC(C)COC(C)Oc1ccc(Cc2ccc(O)cc2)cc1)OCC(C)OC(C)Oc1ccc(Cc2ccc(O)cc2)cc1. The molecule has 0 saturated heterocycles. The van der Waals surface area contributed by atoms with E-state index >= 15 is 0 Å². The van der Waals surface area contributed by atoms with E-state index in [1.807, 2.05) is 107 Å². The van der Waals surface area contributed by atoms with Crippen LogP contribution >= 0.6 is 0 Å². The Bertz CT molecular complexity index is 1440. The summed E-state index contributed by atoms with van der Waals surface area (Å²) in [5.74, 6) is 2.01. The van der Waals surface area contributed by atoms with Crippen LogP contribution < -0.4 is 9.47 Å². The summed E-state index contributed by atoms with van der Waals surface area (Å²) in [5, 5.41) is 18.9. The molecule has 0 amide bonds. The first-order chi connectivity index (χ1) is 22.6. The van der Waals surface area contributed by atoms with E-state index in [1.165, 1.54) is 0 Å². The lowest BCUT2D eigenvalue weighted by Gasteiger charge is -2.23.